The van der Waals surface area contributed by atoms with Crippen molar-refractivity contribution in [1.82, 2.24) is 15.1 Å². The van der Waals surface area contributed by atoms with Crippen molar-refractivity contribution in [3.8, 4) is 0 Å². The van der Waals surface area contributed by atoms with Crippen LogP contribution in [0.3, 0.4) is 0 Å². The van der Waals surface area contributed by atoms with E-state index in [1.54, 1.807) is 11.3 Å². The molecule has 0 unspecified atom stereocenters. The van der Waals surface area contributed by atoms with Crippen LogP contribution < -0.4 is 5.32 Å². The number of urea groups is 1. The van der Waals surface area contributed by atoms with Crippen molar-refractivity contribution in [2.24, 2.45) is 0 Å². The maximum Gasteiger partial charge on any atom is 0.317 e. The Balaban J connectivity index is 1.62. The molecule has 27 heavy (non-hydrogen) atoms. The third-order valence-corrected chi connectivity index (χ3v) is 6.43. The van der Waals surface area contributed by atoms with E-state index >= 15 is 0 Å². The van der Waals surface area contributed by atoms with Gasteiger partial charge in [0.2, 0.25) is 0 Å². The van der Waals surface area contributed by atoms with Gasteiger partial charge in [0.05, 0.1) is 4.88 Å². The normalized spacial score (nSPS) is 19.1. The number of ether oxygens (including phenoxy) is 1. The predicted octanol–water partition coefficient (Wildman–Crippen LogP) is 3.26. The molecule has 1 N–H and O–H groups in total. The summed E-state index contributed by atoms with van der Waals surface area (Å²) in [5, 5.41) is 3.06. The van der Waals surface area contributed by atoms with Gasteiger partial charge in [0.1, 0.15) is 0 Å². The van der Waals surface area contributed by atoms with E-state index in [-0.39, 0.29) is 24.0 Å². The molecular formula is C20H31N3O3S. The second-order valence-corrected chi connectivity index (χ2v) is 8.70. The van der Waals surface area contributed by atoms with Gasteiger partial charge in [0, 0.05) is 49.8 Å². The van der Waals surface area contributed by atoms with Crippen LogP contribution >= 0.6 is 11.3 Å². The van der Waals surface area contributed by atoms with Gasteiger partial charge in [0.15, 0.2) is 0 Å². The molecule has 3 rings (SSSR count). The predicted molar refractivity (Wildman–Crippen MR) is 107 cm³/mol. The number of likely N-dealkylation sites (tertiary alicyclic amines) is 1. The first kappa shape index (κ1) is 20.1. The van der Waals surface area contributed by atoms with Crippen LogP contribution in [0.2, 0.25) is 0 Å². The number of hydrogen-bond acceptors (Lipinski definition) is 4. The standard InChI is InChI=1S/C20H31N3O3S/c1-3-10-21-20(25)23(17-8-13-26-14-9-17)16-6-11-22(12-7-16)19(24)18-5-4-15(2)27-18/h4-5,16-17H,3,6-14H2,1-2H3,(H,21,25). The van der Waals surface area contributed by atoms with Gasteiger partial charge in [-0.3, -0.25) is 4.79 Å². The summed E-state index contributed by atoms with van der Waals surface area (Å²) in [6, 6.07) is 4.39. The lowest BCUT2D eigenvalue weighted by Crippen LogP contribution is -2.56. The minimum Gasteiger partial charge on any atom is -0.381 e. The van der Waals surface area contributed by atoms with Gasteiger partial charge in [-0.1, -0.05) is 6.92 Å². The minimum atomic E-state index is 0.0439. The van der Waals surface area contributed by atoms with E-state index in [1.165, 1.54) is 0 Å². The molecule has 0 radical (unpaired) electrons. The molecule has 0 spiro atoms. The lowest BCUT2D eigenvalue weighted by atomic mass is 9.98. The van der Waals surface area contributed by atoms with E-state index < -0.39 is 0 Å². The zero-order chi connectivity index (χ0) is 19.2. The largest absolute Gasteiger partial charge is 0.381 e. The summed E-state index contributed by atoms with van der Waals surface area (Å²) in [5.74, 6) is 0.125. The topological polar surface area (TPSA) is 61.9 Å². The second-order valence-electron chi connectivity index (χ2n) is 7.42. The second kappa shape index (κ2) is 9.55. The summed E-state index contributed by atoms with van der Waals surface area (Å²) >= 11 is 1.55. The van der Waals surface area contributed by atoms with Crippen molar-refractivity contribution in [2.45, 2.75) is 58.0 Å². The van der Waals surface area contributed by atoms with E-state index in [0.717, 1.165) is 55.1 Å². The number of carbonyl (C=O) groups is 2. The summed E-state index contributed by atoms with van der Waals surface area (Å²) in [4.78, 5) is 31.5. The first-order valence-corrected chi connectivity index (χ1v) is 10.9. The van der Waals surface area contributed by atoms with E-state index in [1.807, 2.05) is 24.0 Å². The highest BCUT2D eigenvalue weighted by atomic mass is 32.1. The monoisotopic (exact) mass is 393 g/mol. The molecule has 2 aliphatic heterocycles. The fraction of sp³-hybridized carbons (Fsp3) is 0.700. The summed E-state index contributed by atoms with van der Waals surface area (Å²) in [6.45, 7) is 7.65. The van der Waals surface area contributed by atoms with Crippen LogP contribution in [0.25, 0.3) is 0 Å². The van der Waals surface area contributed by atoms with Gasteiger partial charge < -0.3 is 19.9 Å². The van der Waals surface area contributed by atoms with Crippen molar-refractivity contribution in [1.29, 1.82) is 0 Å². The van der Waals surface area contributed by atoms with Gasteiger partial charge >= 0.3 is 6.03 Å². The number of aryl methyl sites for hydroxylation is 1. The highest BCUT2D eigenvalue weighted by molar-refractivity contribution is 7.13. The van der Waals surface area contributed by atoms with Gasteiger partial charge in [-0.25, -0.2) is 4.79 Å². The minimum absolute atomic E-state index is 0.0439. The molecule has 0 atom stereocenters. The molecule has 150 valence electrons. The molecular weight excluding hydrogens is 362 g/mol. The van der Waals surface area contributed by atoms with Crippen LogP contribution in [0.1, 0.15) is 53.6 Å². The fourth-order valence-electron chi connectivity index (χ4n) is 3.97. The zero-order valence-electron chi connectivity index (χ0n) is 16.4. The summed E-state index contributed by atoms with van der Waals surface area (Å²) in [7, 11) is 0. The molecule has 6 nitrogen and oxygen atoms in total. The number of nitrogens with zero attached hydrogens (tertiary/aromatic N) is 2. The maximum atomic E-state index is 12.8. The molecule has 2 aliphatic rings. The number of amides is 3. The van der Waals surface area contributed by atoms with Crippen molar-refractivity contribution in [3.63, 3.8) is 0 Å². The molecule has 1 aromatic heterocycles. The smallest absolute Gasteiger partial charge is 0.317 e. The molecule has 3 amide bonds. The average Bonchev–Trinajstić information content (AvgIpc) is 3.14. The molecule has 0 aromatic carbocycles. The van der Waals surface area contributed by atoms with Crippen molar-refractivity contribution < 1.29 is 14.3 Å². The fourth-order valence-corrected chi connectivity index (χ4v) is 4.80. The Labute approximate surface area is 165 Å². The van der Waals surface area contributed by atoms with Crippen LogP contribution in [0, 0.1) is 6.92 Å². The van der Waals surface area contributed by atoms with Crippen LogP contribution in [0.4, 0.5) is 4.79 Å². The first-order chi connectivity index (χ1) is 13.1. The molecule has 1 aromatic rings. The summed E-state index contributed by atoms with van der Waals surface area (Å²) in [6.07, 6.45) is 4.40. The third-order valence-electron chi connectivity index (χ3n) is 5.44. The summed E-state index contributed by atoms with van der Waals surface area (Å²) < 4.78 is 5.49. The Hall–Kier alpha value is -1.60. The lowest BCUT2D eigenvalue weighted by Gasteiger charge is -2.43. The number of hydrogen-bond donors (Lipinski definition) is 1. The van der Waals surface area contributed by atoms with Gasteiger partial charge in [0.25, 0.3) is 5.91 Å². The summed E-state index contributed by atoms with van der Waals surface area (Å²) in [5.41, 5.74) is 0. The Morgan fingerprint density at radius 3 is 2.44 bits per heavy atom. The Bertz CT molecular complexity index is 634. The van der Waals surface area contributed by atoms with Crippen LogP contribution in [-0.2, 0) is 4.74 Å². The number of thiophene rings is 1. The lowest BCUT2D eigenvalue weighted by molar-refractivity contribution is 0.0210. The van der Waals surface area contributed by atoms with Gasteiger partial charge in [-0.2, -0.15) is 0 Å². The molecule has 0 aliphatic carbocycles. The molecule has 7 heteroatoms. The molecule has 2 saturated heterocycles. The van der Waals surface area contributed by atoms with Crippen molar-refractivity contribution in [2.75, 3.05) is 32.8 Å². The average molecular weight is 394 g/mol. The van der Waals surface area contributed by atoms with Crippen molar-refractivity contribution >= 4 is 23.3 Å². The molecule has 0 bridgehead atoms. The maximum absolute atomic E-state index is 12.8. The molecule has 2 fully saturated rings. The highest BCUT2D eigenvalue weighted by Crippen LogP contribution is 2.26. The van der Waals surface area contributed by atoms with Crippen LogP contribution in [0.5, 0.6) is 0 Å². The third kappa shape index (κ3) is 5.02. The van der Waals surface area contributed by atoms with E-state index in [0.29, 0.717) is 19.6 Å². The van der Waals surface area contributed by atoms with Crippen LogP contribution in [-0.4, -0.2) is 66.7 Å². The van der Waals surface area contributed by atoms with Crippen molar-refractivity contribution in [3.05, 3.63) is 21.9 Å². The molecule has 0 saturated carbocycles. The van der Waals surface area contributed by atoms with Gasteiger partial charge in [-0.05, 0) is 51.2 Å². The van der Waals surface area contributed by atoms with Gasteiger partial charge in [-0.15, -0.1) is 11.3 Å². The Morgan fingerprint density at radius 1 is 1.19 bits per heavy atom. The van der Waals surface area contributed by atoms with Crippen LogP contribution in [0.15, 0.2) is 12.1 Å². The van der Waals surface area contributed by atoms with E-state index in [4.69, 9.17) is 4.74 Å². The van der Waals surface area contributed by atoms with E-state index in [2.05, 4.69) is 17.1 Å². The zero-order valence-corrected chi connectivity index (χ0v) is 17.2. The number of carbonyl (C=O) groups excluding carboxylic acids is 2. The SMILES string of the molecule is CCCNC(=O)N(C1CCOCC1)C1CCN(C(=O)c2ccc(C)s2)CC1. The quantitative estimate of drug-likeness (QED) is 0.835. The Kier molecular flexibility index (Phi) is 7.13. The first-order valence-electron chi connectivity index (χ1n) is 10.1. The van der Waals surface area contributed by atoms with E-state index in [9.17, 15) is 9.59 Å². The molecule has 3 heterocycles. The number of nitrogens with one attached hydrogen (secondary N) is 1. The highest BCUT2D eigenvalue weighted by Gasteiger charge is 2.35. The number of rotatable bonds is 5. The Morgan fingerprint density at radius 2 is 1.85 bits per heavy atom. The number of piperidine rings is 1.